The fourth-order valence-corrected chi connectivity index (χ4v) is 4.02. The number of hydrogen-bond acceptors (Lipinski definition) is 4. The van der Waals surface area contributed by atoms with Crippen LogP contribution < -0.4 is 0 Å². The van der Waals surface area contributed by atoms with Crippen LogP contribution in [0, 0.1) is 5.92 Å². The molecule has 1 aliphatic carbocycles. The first-order valence-electron chi connectivity index (χ1n) is 10.4. The zero-order chi connectivity index (χ0) is 20.1. The fourth-order valence-electron chi connectivity index (χ4n) is 4.02. The Labute approximate surface area is 171 Å². The molecule has 1 saturated carbocycles. The molecule has 4 rings (SSSR count). The predicted octanol–water partition coefficient (Wildman–Crippen LogP) is 3.91. The van der Waals surface area contributed by atoms with Gasteiger partial charge in [0.05, 0.1) is 24.1 Å². The molecule has 29 heavy (non-hydrogen) atoms. The summed E-state index contributed by atoms with van der Waals surface area (Å²) in [6.45, 7) is 1.27. The molecule has 0 spiro atoms. The van der Waals surface area contributed by atoms with E-state index < -0.39 is 0 Å². The van der Waals surface area contributed by atoms with E-state index in [1.54, 1.807) is 22.8 Å². The van der Waals surface area contributed by atoms with Crippen LogP contribution in [0.3, 0.4) is 0 Å². The van der Waals surface area contributed by atoms with Gasteiger partial charge in [-0.15, -0.1) is 5.10 Å². The molecule has 0 atom stereocenters. The summed E-state index contributed by atoms with van der Waals surface area (Å²) >= 11 is 0. The van der Waals surface area contributed by atoms with Gasteiger partial charge in [-0.3, -0.25) is 14.6 Å². The molecule has 1 fully saturated rings. The Balaban J connectivity index is 1.32. The van der Waals surface area contributed by atoms with Crippen LogP contribution in [0.2, 0.25) is 0 Å². The second kappa shape index (κ2) is 9.03. The van der Waals surface area contributed by atoms with Gasteiger partial charge in [-0.1, -0.05) is 67.6 Å². The van der Waals surface area contributed by atoms with Crippen LogP contribution in [0.1, 0.15) is 54.7 Å². The third-order valence-electron chi connectivity index (χ3n) is 5.70. The van der Waals surface area contributed by atoms with E-state index in [4.69, 9.17) is 0 Å². The summed E-state index contributed by atoms with van der Waals surface area (Å²) in [7, 11) is 1.77. The van der Waals surface area contributed by atoms with Crippen LogP contribution in [0.15, 0.2) is 42.6 Å². The van der Waals surface area contributed by atoms with Gasteiger partial charge < -0.3 is 4.90 Å². The van der Waals surface area contributed by atoms with Gasteiger partial charge in [0.25, 0.3) is 5.91 Å². The van der Waals surface area contributed by atoms with Gasteiger partial charge in [0, 0.05) is 19.2 Å². The molecule has 1 N–H and O–H groups in total. The van der Waals surface area contributed by atoms with Crippen LogP contribution in [-0.4, -0.2) is 43.0 Å². The van der Waals surface area contributed by atoms with Crippen molar-refractivity contribution in [1.82, 2.24) is 30.1 Å². The smallest absolute Gasteiger partial charge is 0.276 e. The number of aromatic amines is 1. The Morgan fingerprint density at radius 3 is 2.79 bits per heavy atom. The lowest BCUT2D eigenvalue weighted by Crippen LogP contribution is -2.26. The number of nitrogens with one attached hydrogen (secondary N) is 1. The van der Waals surface area contributed by atoms with Gasteiger partial charge in [0.2, 0.25) is 0 Å². The number of aryl methyl sites for hydroxylation is 1. The van der Waals surface area contributed by atoms with E-state index in [9.17, 15) is 4.79 Å². The van der Waals surface area contributed by atoms with E-state index >= 15 is 0 Å². The van der Waals surface area contributed by atoms with Crippen LogP contribution in [-0.2, 0) is 13.1 Å². The molecular weight excluding hydrogens is 364 g/mol. The maximum absolute atomic E-state index is 12.7. The highest BCUT2D eigenvalue weighted by molar-refractivity contribution is 5.91. The molecule has 1 aliphatic rings. The maximum Gasteiger partial charge on any atom is 0.276 e. The molecule has 3 aromatic rings. The predicted molar refractivity (Wildman–Crippen MR) is 111 cm³/mol. The van der Waals surface area contributed by atoms with Crippen LogP contribution >= 0.6 is 0 Å². The number of carbonyl (C=O) groups is 1. The highest BCUT2D eigenvalue weighted by atomic mass is 16.2. The molecule has 0 saturated heterocycles. The van der Waals surface area contributed by atoms with Crippen molar-refractivity contribution < 1.29 is 4.79 Å². The lowest BCUT2D eigenvalue weighted by Gasteiger charge is -2.20. The van der Waals surface area contributed by atoms with Crippen molar-refractivity contribution in [1.29, 1.82) is 0 Å². The van der Waals surface area contributed by atoms with Crippen molar-refractivity contribution in [2.75, 3.05) is 7.05 Å². The molecule has 152 valence electrons. The molecule has 2 heterocycles. The summed E-state index contributed by atoms with van der Waals surface area (Å²) in [5, 5.41) is 15.6. The maximum atomic E-state index is 12.7. The van der Waals surface area contributed by atoms with Crippen molar-refractivity contribution in [3.05, 3.63) is 54.0 Å². The van der Waals surface area contributed by atoms with E-state index in [0.717, 1.165) is 35.8 Å². The van der Waals surface area contributed by atoms with Gasteiger partial charge in [-0.25, -0.2) is 0 Å². The Morgan fingerprint density at radius 1 is 1.21 bits per heavy atom. The Bertz CT molecular complexity index is 926. The number of benzene rings is 1. The van der Waals surface area contributed by atoms with Gasteiger partial charge in [0.1, 0.15) is 0 Å². The van der Waals surface area contributed by atoms with Crippen molar-refractivity contribution in [3.8, 4) is 11.3 Å². The minimum atomic E-state index is -0.134. The van der Waals surface area contributed by atoms with E-state index in [1.807, 2.05) is 36.4 Å². The van der Waals surface area contributed by atoms with Crippen LogP contribution in [0.25, 0.3) is 11.3 Å². The monoisotopic (exact) mass is 392 g/mol. The summed E-state index contributed by atoms with van der Waals surface area (Å²) in [6.07, 6.45) is 9.57. The molecule has 0 radical (unpaired) electrons. The fraction of sp³-hybridized carbons (Fsp3) is 0.455. The SMILES string of the molecule is CN(Cc1cc(-c2ccccc2)n[nH]1)C(=O)c1cn(CCC2CCCCC2)nn1. The molecule has 2 aromatic heterocycles. The Hall–Kier alpha value is -2.96. The van der Waals surface area contributed by atoms with Crippen molar-refractivity contribution in [2.24, 2.45) is 5.92 Å². The number of amides is 1. The third-order valence-corrected chi connectivity index (χ3v) is 5.70. The average molecular weight is 393 g/mol. The Kier molecular flexibility index (Phi) is 6.03. The zero-order valence-electron chi connectivity index (χ0n) is 16.9. The standard InChI is InChI=1S/C22H28N6O/c1-27(15-19-14-20(24-23-19)18-10-6-3-7-11-18)22(29)21-16-28(26-25-21)13-12-17-8-4-2-5-9-17/h3,6-7,10-11,14,16-17H,2,4-5,8-9,12-13,15H2,1H3,(H,23,24). The second-order valence-corrected chi connectivity index (χ2v) is 7.97. The second-order valence-electron chi connectivity index (χ2n) is 7.97. The summed E-state index contributed by atoms with van der Waals surface area (Å²) in [5.41, 5.74) is 3.18. The summed E-state index contributed by atoms with van der Waals surface area (Å²) in [6, 6.07) is 11.9. The number of hydrogen-bond donors (Lipinski definition) is 1. The number of rotatable bonds is 7. The summed E-state index contributed by atoms with van der Waals surface area (Å²) < 4.78 is 1.80. The van der Waals surface area contributed by atoms with E-state index in [1.165, 1.54) is 32.1 Å². The zero-order valence-corrected chi connectivity index (χ0v) is 16.9. The highest BCUT2D eigenvalue weighted by Gasteiger charge is 2.18. The molecular formula is C22H28N6O. The molecule has 0 bridgehead atoms. The molecule has 0 aliphatic heterocycles. The minimum Gasteiger partial charge on any atom is -0.334 e. The summed E-state index contributed by atoms with van der Waals surface area (Å²) in [5.74, 6) is 0.652. The average Bonchev–Trinajstić information content (AvgIpc) is 3.43. The molecule has 1 aromatic carbocycles. The van der Waals surface area contributed by atoms with Crippen LogP contribution in [0.5, 0.6) is 0 Å². The van der Waals surface area contributed by atoms with Crippen molar-refractivity contribution in [2.45, 2.75) is 51.6 Å². The first kappa shape index (κ1) is 19.4. The van der Waals surface area contributed by atoms with E-state index in [2.05, 4.69) is 20.5 Å². The van der Waals surface area contributed by atoms with E-state index in [-0.39, 0.29) is 5.91 Å². The van der Waals surface area contributed by atoms with Gasteiger partial charge >= 0.3 is 0 Å². The highest BCUT2D eigenvalue weighted by Crippen LogP contribution is 2.26. The Morgan fingerprint density at radius 2 is 2.00 bits per heavy atom. The number of aromatic nitrogens is 5. The first-order valence-corrected chi connectivity index (χ1v) is 10.4. The minimum absolute atomic E-state index is 0.134. The lowest BCUT2D eigenvalue weighted by atomic mass is 9.87. The van der Waals surface area contributed by atoms with Gasteiger partial charge in [-0.05, 0) is 18.4 Å². The molecule has 7 nitrogen and oxygen atoms in total. The largest absolute Gasteiger partial charge is 0.334 e. The van der Waals surface area contributed by atoms with Gasteiger partial charge in [0.15, 0.2) is 5.69 Å². The van der Waals surface area contributed by atoms with E-state index in [0.29, 0.717) is 12.2 Å². The molecule has 1 amide bonds. The topological polar surface area (TPSA) is 79.7 Å². The van der Waals surface area contributed by atoms with Crippen LogP contribution in [0.4, 0.5) is 0 Å². The number of H-pyrrole nitrogens is 1. The third kappa shape index (κ3) is 4.91. The van der Waals surface area contributed by atoms with Crippen molar-refractivity contribution in [3.63, 3.8) is 0 Å². The van der Waals surface area contributed by atoms with Crippen molar-refractivity contribution >= 4 is 5.91 Å². The quantitative estimate of drug-likeness (QED) is 0.661. The normalized spacial score (nSPS) is 14.8. The number of carbonyl (C=O) groups excluding carboxylic acids is 1. The number of nitrogens with zero attached hydrogens (tertiary/aromatic N) is 5. The molecule has 0 unspecified atom stereocenters. The van der Waals surface area contributed by atoms with Gasteiger partial charge in [-0.2, -0.15) is 5.10 Å². The summed E-state index contributed by atoms with van der Waals surface area (Å²) in [4.78, 5) is 14.4. The molecule has 7 heteroatoms. The lowest BCUT2D eigenvalue weighted by molar-refractivity contribution is 0.0777. The first-order chi connectivity index (χ1) is 14.2.